The predicted octanol–water partition coefficient (Wildman–Crippen LogP) is 4.05. The molecular formula is C18H11ClN2O3. The third-order valence-electron chi connectivity index (χ3n) is 3.52. The number of hydrogen-bond donors (Lipinski definition) is 1. The number of nitrogens with zero attached hydrogens (tertiary/aromatic N) is 1. The second kappa shape index (κ2) is 6.57. The number of anilines is 1. The topological polar surface area (TPSA) is 83.1 Å². The Hall–Kier alpha value is -3.10. The van der Waals surface area contributed by atoms with E-state index in [4.69, 9.17) is 16.0 Å². The zero-order valence-electron chi connectivity index (χ0n) is 12.3. The van der Waals surface area contributed by atoms with Gasteiger partial charge in [0.2, 0.25) is 11.7 Å². The maximum Gasteiger partial charge on any atom is 0.249 e. The van der Waals surface area contributed by atoms with Gasteiger partial charge < -0.3 is 9.73 Å². The minimum Gasteiger partial charge on any atom is -0.442 e. The summed E-state index contributed by atoms with van der Waals surface area (Å²) in [5.41, 5.74) is 0.531. The predicted molar refractivity (Wildman–Crippen MR) is 89.7 cm³/mol. The normalized spacial score (nSPS) is 11.7. The minimum atomic E-state index is -1.52. The second-order valence-corrected chi connectivity index (χ2v) is 5.42. The lowest BCUT2D eigenvalue weighted by molar-refractivity contribution is -0.117. The summed E-state index contributed by atoms with van der Waals surface area (Å²) in [5, 5.41) is 13.6. The first-order chi connectivity index (χ1) is 11.6. The molecule has 0 aliphatic heterocycles. The summed E-state index contributed by atoms with van der Waals surface area (Å²) in [6, 6.07) is 17.3. The Kier molecular flexibility index (Phi) is 4.32. The van der Waals surface area contributed by atoms with Crippen molar-refractivity contribution in [2.24, 2.45) is 5.92 Å². The fourth-order valence-corrected chi connectivity index (χ4v) is 2.51. The van der Waals surface area contributed by atoms with E-state index in [1.54, 1.807) is 18.2 Å². The Bertz CT molecular complexity index is 966. The van der Waals surface area contributed by atoms with Crippen LogP contribution in [0.2, 0.25) is 5.22 Å². The number of hydrogen-bond acceptors (Lipinski definition) is 4. The van der Waals surface area contributed by atoms with Crippen molar-refractivity contribution in [2.75, 3.05) is 5.32 Å². The molecule has 1 aromatic heterocycles. The van der Waals surface area contributed by atoms with Gasteiger partial charge in [-0.3, -0.25) is 9.59 Å². The fraction of sp³-hybridized carbons (Fsp3) is 0.0556. The molecule has 0 radical (unpaired) electrons. The summed E-state index contributed by atoms with van der Waals surface area (Å²) < 4.78 is 4.98. The van der Waals surface area contributed by atoms with Crippen LogP contribution in [-0.2, 0) is 4.79 Å². The summed E-state index contributed by atoms with van der Waals surface area (Å²) >= 11 is 5.62. The van der Waals surface area contributed by atoms with Crippen molar-refractivity contribution in [3.63, 3.8) is 0 Å². The molecule has 0 spiro atoms. The molecule has 3 aromatic rings. The first-order valence-corrected chi connectivity index (χ1v) is 7.46. The van der Waals surface area contributed by atoms with E-state index in [-0.39, 0.29) is 11.0 Å². The molecule has 2 aromatic carbocycles. The van der Waals surface area contributed by atoms with Crippen molar-refractivity contribution in [1.82, 2.24) is 0 Å². The standard InChI is InChI=1S/C18H11ClN2O3/c19-16-9-8-15(24-16)17(22)13(10-20)18(23)21-14-7-3-5-11-4-1-2-6-12(11)14/h1-9,13H,(H,21,23)/t13-/m0/s1. The average molecular weight is 339 g/mol. The maximum atomic E-state index is 12.4. The number of fused-ring (bicyclic) bond motifs is 1. The van der Waals surface area contributed by atoms with Gasteiger partial charge in [0.25, 0.3) is 0 Å². The van der Waals surface area contributed by atoms with Crippen LogP contribution in [0.3, 0.4) is 0 Å². The van der Waals surface area contributed by atoms with Gasteiger partial charge in [0.05, 0.1) is 6.07 Å². The van der Waals surface area contributed by atoms with Gasteiger partial charge in [-0.15, -0.1) is 0 Å². The Morgan fingerprint density at radius 3 is 2.54 bits per heavy atom. The molecule has 1 heterocycles. The van der Waals surface area contributed by atoms with Gasteiger partial charge in [-0.2, -0.15) is 5.26 Å². The van der Waals surface area contributed by atoms with Crippen molar-refractivity contribution in [3.8, 4) is 6.07 Å². The van der Waals surface area contributed by atoms with Crippen LogP contribution in [0.5, 0.6) is 0 Å². The zero-order chi connectivity index (χ0) is 17.1. The molecule has 0 unspecified atom stereocenters. The highest BCUT2D eigenvalue weighted by molar-refractivity contribution is 6.29. The first kappa shape index (κ1) is 15.8. The molecule has 3 rings (SSSR count). The first-order valence-electron chi connectivity index (χ1n) is 7.08. The number of carbonyl (C=O) groups excluding carboxylic acids is 2. The molecule has 5 nitrogen and oxygen atoms in total. The van der Waals surface area contributed by atoms with Gasteiger partial charge in [0.15, 0.2) is 16.9 Å². The van der Waals surface area contributed by atoms with Crippen LogP contribution in [0.1, 0.15) is 10.6 Å². The summed E-state index contributed by atoms with van der Waals surface area (Å²) in [6.07, 6.45) is 0. The molecule has 0 saturated heterocycles. The number of benzene rings is 2. The lowest BCUT2D eigenvalue weighted by atomic mass is 10.0. The number of carbonyl (C=O) groups is 2. The molecule has 1 atom stereocenters. The summed E-state index contributed by atoms with van der Waals surface area (Å²) in [4.78, 5) is 24.6. The third kappa shape index (κ3) is 3.00. The number of amides is 1. The van der Waals surface area contributed by atoms with Gasteiger partial charge in [-0.25, -0.2) is 0 Å². The molecular weight excluding hydrogens is 328 g/mol. The van der Waals surface area contributed by atoms with Gasteiger partial charge in [0.1, 0.15) is 0 Å². The van der Waals surface area contributed by atoms with Crippen LogP contribution < -0.4 is 5.32 Å². The molecule has 1 N–H and O–H groups in total. The quantitative estimate of drug-likeness (QED) is 0.574. The van der Waals surface area contributed by atoms with E-state index in [9.17, 15) is 14.9 Å². The van der Waals surface area contributed by atoms with Crippen LogP contribution in [0.15, 0.2) is 59.0 Å². The van der Waals surface area contributed by atoms with Crippen molar-refractivity contribution in [2.45, 2.75) is 0 Å². The Balaban J connectivity index is 1.87. The van der Waals surface area contributed by atoms with E-state index in [0.717, 1.165) is 10.8 Å². The van der Waals surface area contributed by atoms with Gasteiger partial charge in [-0.1, -0.05) is 36.4 Å². The number of halogens is 1. The summed E-state index contributed by atoms with van der Waals surface area (Å²) in [5.74, 6) is -3.10. The second-order valence-electron chi connectivity index (χ2n) is 5.05. The number of ketones is 1. The maximum absolute atomic E-state index is 12.4. The minimum absolute atomic E-state index is 0.0181. The molecule has 6 heteroatoms. The van der Waals surface area contributed by atoms with E-state index in [1.807, 2.05) is 30.3 Å². The Morgan fingerprint density at radius 2 is 1.83 bits per heavy atom. The molecule has 0 saturated carbocycles. The molecule has 0 aliphatic rings. The lowest BCUT2D eigenvalue weighted by Gasteiger charge is -2.11. The van der Waals surface area contributed by atoms with Crippen molar-refractivity contribution < 1.29 is 14.0 Å². The smallest absolute Gasteiger partial charge is 0.249 e. The van der Waals surface area contributed by atoms with E-state index in [2.05, 4.69) is 5.32 Å². The molecule has 1 amide bonds. The van der Waals surface area contributed by atoms with E-state index in [1.165, 1.54) is 12.1 Å². The van der Waals surface area contributed by atoms with Gasteiger partial charge in [0, 0.05) is 11.1 Å². The molecule has 0 fully saturated rings. The fourth-order valence-electron chi connectivity index (χ4n) is 2.36. The van der Waals surface area contributed by atoms with Crippen molar-refractivity contribution >= 4 is 39.8 Å². The number of furan rings is 1. The van der Waals surface area contributed by atoms with Gasteiger partial charge in [-0.05, 0) is 35.2 Å². The van der Waals surface area contributed by atoms with Crippen molar-refractivity contribution in [3.05, 3.63) is 65.6 Å². The lowest BCUT2D eigenvalue weighted by Crippen LogP contribution is -2.28. The number of rotatable bonds is 4. The summed E-state index contributed by atoms with van der Waals surface area (Å²) in [7, 11) is 0. The molecule has 118 valence electrons. The van der Waals surface area contributed by atoms with Crippen LogP contribution in [0, 0.1) is 17.2 Å². The highest BCUT2D eigenvalue weighted by Gasteiger charge is 2.30. The monoisotopic (exact) mass is 338 g/mol. The highest BCUT2D eigenvalue weighted by Crippen LogP contribution is 2.24. The molecule has 0 bridgehead atoms. The zero-order valence-corrected chi connectivity index (χ0v) is 13.1. The van der Waals surface area contributed by atoms with E-state index < -0.39 is 17.6 Å². The number of Topliss-reactive ketones (excluding diaryl/α,β-unsaturated/α-hetero) is 1. The van der Waals surface area contributed by atoms with Crippen LogP contribution in [0.25, 0.3) is 10.8 Å². The number of nitrogens with one attached hydrogen (secondary N) is 1. The van der Waals surface area contributed by atoms with Crippen LogP contribution >= 0.6 is 11.6 Å². The average Bonchev–Trinajstić information content (AvgIpc) is 3.02. The van der Waals surface area contributed by atoms with Gasteiger partial charge >= 0.3 is 0 Å². The molecule has 24 heavy (non-hydrogen) atoms. The molecule has 0 aliphatic carbocycles. The third-order valence-corrected chi connectivity index (χ3v) is 3.72. The van der Waals surface area contributed by atoms with E-state index >= 15 is 0 Å². The SMILES string of the molecule is N#C[C@H](C(=O)Nc1cccc2ccccc12)C(=O)c1ccc(Cl)o1. The summed E-state index contributed by atoms with van der Waals surface area (Å²) in [6.45, 7) is 0. The van der Waals surface area contributed by atoms with Crippen molar-refractivity contribution in [1.29, 1.82) is 5.26 Å². The van der Waals surface area contributed by atoms with E-state index in [0.29, 0.717) is 5.69 Å². The Morgan fingerprint density at radius 1 is 1.08 bits per heavy atom. The Labute approximate surface area is 142 Å². The van der Waals surface area contributed by atoms with Crippen LogP contribution in [-0.4, -0.2) is 11.7 Å². The largest absolute Gasteiger partial charge is 0.442 e. The highest BCUT2D eigenvalue weighted by atomic mass is 35.5. The van der Waals surface area contributed by atoms with Crippen LogP contribution in [0.4, 0.5) is 5.69 Å². The number of nitriles is 1.